The summed E-state index contributed by atoms with van der Waals surface area (Å²) in [6, 6.07) is 8.92. The van der Waals surface area contributed by atoms with Gasteiger partial charge in [-0.2, -0.15) is 4.51 Å². The number of carbonyl (C=O) groups excluding carboxylic acids is 1. The van der Waals surface area contributed by atoms with Crippen LogP contribution in [0.4, 0.5) is 0 Å². The number of Topliss-reactive ketones (excluding diaryl/α,β-unsaturated/α-hetero) is 1. The number of ether oxygens (including phenoxy) is 1. The first-order valence-electron chi connectivity index (χ1n) is 4.76. The van der Waals surface area contributed by atoms with Crippen molar-refractivity contribution in [2.24, 2.45) is 4.51 Å². The van der Waals surface area contributed by atoms with Crippen molar-refractivity contribution in [2.45, 2.75) is 0 Å². The second-order valence-corrected chi connectivity index (χ2v) is 3.83. The zero-order valence-corrected chi connectivity index (χ0v) is 10.1. The van der Waals surface area contributed by atoms with Gasteiger partial charge in [0.05, 0.1) is 10.7 Å². The molecule has 3 nitrogen and oxygen atoms in total. The molecule has 2 rings (SSSR count). The van der Waals surface area contributed by atoms with Crippen molar-refractivity contribution in [1.29, 1.82) is 0 Å². The fourth-order valence-corrected chi connectivity index (χ4v) is 1.60. The summed E-state index contributed by atoms with van der Waals surface area (Å²) >= 11 is 11.1. The average molecular weight is 268 g/mol. The number of halogens is 2. The summed E-state index contributed by atoms with van der Waals surface area (Å²) in [6.45, 7) is 0. The van der Waals surface area contributed by atoms with Gasteiger partial charge in [0.25, 0.3) is 0 Å². The number of para-hydroxylation sites is 1. The molecule has 0 heterocycles. The van der Waals surface area contributed by atoms with E-state index in [0.29, 0.717) is 11.5 Å². The summed E-state index contributed by atoms with van der Waals surface area (Å²) in [7, 11) is 0. The molecule has 86 valence electrons. The standard InChI is InChI=1S/C12H7Cl2NO2/c13-10-6-8(15-14)7-11(12(10)16)17-9-4-2-1-3-5-9/h1-7H/b15-8+. The molecular weight excluding hydrogens is 261 g/mol. The molecule has 1 aliphatic carbocycles. The molecule has 0 unspecified atom stereocenters. The maximum Gasteiger partial charge on any atom is 0.239 e. The third-order valence-corrected chi connectivity index (χ3v) is 2.54. The molecule has 0 saturated heterocycles. The van der Waals surface area contributed by atoms with Gasteiger partial charge >= 0.3 is 0 Å². The average Bonchev–Trinajstić information content (AvgIpc) is 2.36. The minimum absolute atomic E-state index is 0.0258. The SMILES string of the molecule is O=C1C(Cl)=C/C(=N\Cl)C=C1Oc1ccccc1. The van der Waals surface area contributed by atoms with Crippen molar-refractivity contribution in [1.82, 2.24) is 0 Å². The fourth-order valence-electron chi connectivity index (χ4n) is 1.29. The molecule has 0 bridgehead atoms. The van der Waals surface area contributed by atoms with E-state index in [4.69, 9.17) is 28.1 Å². The van der Waals surface area contributed by atoms with Crippen molar-refractivity contribution in [3.8, 4) is 5.75 Å². The maximum atomic E-state index is 11.7. The number of rotatable bonds is 2. The molecule has 0 saturated carbocycles. The first-order valence-corrected chi connectivity index (χ1v) is 5.48. The van der Waals surface area contributed by atoms with Crippen LogP contribution in [0.5, 0.6) is 5.75 Å². The second-order valence-electron chi connectivity index (χ2n) is 3.25. The Balaban J connectivity index is 2.27. The summed E-state index contributed by atoms with van der Waals surface area (Å²) in [4.78, 5) is 11.7. The molecule has 0 amide bonds. The lowest BCUT2D eigenvalue weighted by atomic mass is 10.1. The summed E-state index contributed by atoms with van der Waals surface area (Å²) in [6.07, 6.45) is 2.82. The monoisotopic (exact) mass is 267 g/mol. The van der Waals surface area contributed by atoms with E-state index in [9.17, 15) is 4.79 Å². The lowest BCUT2D eigenvalue weighted by molar-refractivity contribution is -0.113. The Labute approximate surface area is 108 Å². The predicted octanol–water partition coefficient (Wildman–Crippen LogP) is 3.25. The highest BCUT2D eigenvalue weighted by Crippen LogP contribution is 2.21. The Morgan fingerprint density at radius 1 is 1.12 bits per heavy atom. The van der Waals surface area contributed by atoms with Gasteiger partial charge in [0.1, 0.15) is 5.75 Å². The molecule has 1 aromatic carbocycles. The van der Waals surface area contributed by atoms with Crippen LogP contribution in [0.1, 0.15) is 0 Å². The molecule has 0 spiro atoms. The number of benzene rings is 1. The topological polar surface area (TPSA) is 38.7 Å². The van der Waals surface area contributed by atoms with Crippen LogP contribution in [0, 0.1) is 0 Å². The molecule has 0 fully saturated rings. The first-order chi connectivity index (χ1) is 8.20. The van der Waals surface area contributed by atoms with Crippen LogP contribution >= 0.6 is 23.4 Å². The Morgan fingerprint density at radius 3 is 2.47 bits per heavy atom. The highest BCUT2D eigenvalue weighted by molar-refractivity contribution is 6.48. The fraction of sp³-hybridized carbons (Fsp3) is 0. The number of nitrogens with zero attached hydrogens (tertiary/aromatic N) is 1. The van der Waals surface area contributed by atoms with Gasteiger partial charge in [-0.3, -0.25) is 4.79 Å². The molecule has 5 heteroatoms. The quantitative estimate of drug-likeness (QED) is 0.772. The number of carbonyl (C=O) groups is 1. The van der Waals surface area contributed by atoms with Gasteiger partial charge in [-0.25, -0.2) is 0 Å². The van der Waals surface area contributed by atoms with Gasteiger partial charge < -0.3 is 4.74 Å². The largest absolute Gasteiger partial charge is 0.453 e. The highest BCUT2D eigenvalue weighted by Gasteiger charge is 2.21. The Hall–Kier alpha value is -1.58. The predicted molar refractivity (Wildman–Crippen MR) is 67.4 cm³/mol. The molecule has 0 aromatic heterocycles. The molecule has 1 aliphatic rings. The molecule has 1 aromatic rings. The van der Waals surface area contributed by atoms with E-state index in [1.807, 2.05) is 6.07 Å². The number of allylic oxidation sites excluding steroid dienone is 3. The van der Waals surface area contributed by atoms with Crippen molar-refractivity contribution in [3.63, 3.8) is 0 Å². The molecule has 0 aliphatic heterocycles. The third-order valence-electron chi connectivity index (χ3n) is 2.06. The maximum absolute atomic E-state index is 11.7. The van der Waals surface area contributed by atoms with Gasteiger partial charge in [0, 0.05) is 17.9 Å². The summed E-state index contributed by atoms with van der Waals surface area (Å²) in [5.74, 6) is 0.259. The van der Waals surface area contributed by atoms with E-state index >= 15 is 0 Å². The minimum atomic E-state index is -0.389. The zero-order valence-electron chi connectivity index (χ0n) is 8.56. The number of ketones is 1. The zero-order chi connectivity index (χ0) is 12.3. The van der Waals surface area contributed by atoms with Gasteiger partial charge in [-0.15, -0.1) is 0 Å². The van der Waals surface area contributed by atoms with E-state index in [1.165, 1.54) is 12.2 Å². The summed E-state index contributed by atoms with van der Waals surface area (Å²) in [5, 5.41) is 0.0258. The van der Waals surface area contributed by atoms with Crippen LogP contribution < -0.4 is 4.74 Å². The molecule has 0 radical (unpaired) electrons. The third kappa shape index (κ3) is 2.75. The van der Waals surface area contributed by atoms with Crippen LogP contribution in [0.15, 0.2) is 57.8 Å². The van der Waals surface area contributed by atoms with Gasteiger partial charge in [-0.1, -0.05) is 29.8 Å². The number of hydrogen-bond donors (Lipinski definition) is 0. The summed E-state index contributed by atoms with van der Waals surface area (Å²) < 4.78 is 8.86. The first kappa shape index (κ1) is 11.9. The van der Waals surface area contributed by atoms with E-state index < -0.39 is 0 Å². The Morgan fingerprint density at radius 2 is 1.82 bits per heavy atom. The van der Waals surface area contributed by atoms with Gasteiger partial charge in [-0.05, 0) is 18.2 Å². The molecule has 0 atom stereocenters. The van der Waals surface area contributed by atoms with Crippen LogP contribution in [0.25, 0.3) is 0 Å². The molecule has 0 N–H and O–H groups in total. The van der Waals surface area contributed by atoms with Crippen molar-refractivity contribution >= 4 is 34.9 Å². The van der Waals surface area contributed by atoms with Crippen LogP contribution in [0.3, 0.4) is 0 Å². The summed E-state index contributed by atoms with van der Waals surface area (Å²) in [5.41, 5.74) is 0.377. The van der Waals surface area contributed by atoms with E-state index in [1.54, 1.807) is 24.3 Å². The normalized spacial score (nSPS) is 17.8. The Bertz CT molecular complexity index is 533. The smallest absolute Gasteiger partial charge is 0.239 e. The van der Waals surface area contributed by atoms with Crippen LogP contribution in [-0.2, 0) is 4.79 Å². The van der Waals surface area contributed by atoms with E-state index in [-0.39, 0.29) is 16.6 Å². The lowest BCUT2D eigenvalue weighted by Crippen LogP contribution is -2.15. The second kappa shape index (κ2) is 5.17. The van der Waals surface area contributed by atoms with E-state index in [2.05, 4.69) is 4.51 Å². The molecule has 17 heavy (non-hydrogen) atoms. The van der Waals surface area contributed by atoms with Crippen molar-refractivity contribution in [3.05, 3.63) is 53.3 Å². The van der Waals surface area contributed by atoms with Crippen molar-refractivity contribution < 1.29 is 9.53 Å². The van der Waals surface area contributed by atoms with E-state index in [0.717, 1.165) is 0 Å². The highest BCUT2D eigenvalue weighted by atomic mass is 35.5. The van der Waals surface area contributed by atoms with Crippen LogP contribution in [0.2, 0.25) is 0 Å². The van der Waals surface area contributed by atoms with Crippen LogP contribution in [-0.4, -0.2) is 11.5 Å². The minimum Gasteiger partial charge on any atom is -0.453 e. The molecular formula is C12H7Cl2NO2. The Kier molecular flexibility index (Phi) is 3.61. The van der Waals surface area contributed by atoms with Gasteiger partial charge in [0.15, 0.2) is 5.76 Å². The lowest BCUT2D eigenvalue weighted by Gasteiger charge is -2.11. The van der Waals surface area contributed by atoms with Crippen molar-refractivity contribution in [2.75, 3.05) is 0 Å². The number of hydrogen-bond acceptors (Lipinski definition) is 3. The van der Waals surface area contributed by atoms with Gasteiger partial charge in [0.2, 0.25) is 5.78 Å².